The molecule has 1 amide bonds. The Morgan fingerprint density at radius 3 is 2.47 bits per heavy atom. The SMILES string of the molecule is Cc1ccc(NS(=O)(=O)c2ccsc2C(=O)N2CCCN(Cc3ccccc3)CC2)cc1. The summed E-state index contributed by atoms with van der Waals surface area (Å²) in [4.78, 5) is 17.7. The molecular weight excluding hydrogens is 442 g/mol. The normalized spacial score (nSPS) is 15.3. The number of carbonyl (C=O) groups is 1. The number of nitrogens with zero attached hydrogens (tertiary/aromatic N) is 2. The summed E-state index contributed by atoms with van der Waals surface area (Å²) >= 11 is 1.18. The van der Waals surface area contributed by atoms with Gasteiger partial charge in [0.05, 0.1) is 0 Å². The lowest BCUT2D eigenvalue weighted by atomic mass is 10.2. The number of hydrogen-bond donors (Lipinski definition) is 1. The van der Waals surface area contributed by atoms with Crippen LogP contribution < -0.4 is 4.72 Å². The quantitative estimate of drug-likeness (QED) is 0.587. The Morgan fingerprint density at radius 1 is 0.969 bits per heavy atom. The molecule has 4 rings (SSSR count). The lowest BCUT2D eigenvalue weighted by Crippen LogP contribution is -2.35. The van der Waals surface area contributed by atoms with E-state index < -0.39 is 10.0 Å². The first kappa shape index (κ1) is 22.5. The van der Waals surface area contributed by atoms with Gasteiger partial charge in [0.15, 0.2) is 0 Å². The van der Waals surface area contributed by atoms with Crippen LogP contribution in [0.25, 0.3) is 0 Å². The van der Waals surface area contributed by atoms with Crippen LogP contribution in [0.5, 0.6) is 0 Å². The highest BCUT2D eigenvalue weighted by Gasteiger charge is 2.28. The van der Waals surface area contributed by atoms with Crippen molar-refractivity contribution in [2.45, 2.75) is 24.8 Å². The van der Waals surface area contributed by atoms with Gasteiger partial charge in [-0.05, 0) is 42.5 Å². The van der Waals surface area contributed by atoms with Crippen molar-refractivity contribution in [3.05, 3.63) is 82.0 Å². The number of amides is 1. The van der Waals surface area contributed by atoms with Gasteiger partial charge >= 0.3 is 0 Å². The van der Waals surface area contributed by atoms with Gasteiger partial charge in [0, 0.05) is 38.4 Å². The number of anilines is 1. The zero-order chi connectivity index (χ0) is 22.6. The van der Waals surface area contributed by atoms with Gasteiger partial charge in [-0.15, -0.1) is 11.3 Å². The summed E-state index contributed by atoms with van der Waals surface area (Å²) in [5.74, 6) is -0.217. The first-order valence-electron chi connectivity index (χ1n) is 10.6. The van der Waals surface area contributed by atoms with Gasteiger partial charge in [0.1, 0.15) is 9.77 Å². The molecule has 1 aliphatic rings. The monoisotopic (exact) mass is 469 g/mol. The van der Waals surface area contributed by atoms with Gasteiger partial charge < -0.3 is 4.90 Å². The minimum Gasteiger partial charge on any atom is -0.337 e. The summed E-state index contributed by atoms with van der Waals surface area (Å²) in [6.07, 6.45) is 0.855. The summed E-state index contributed by atoms with van der Waals surface area (Å²) < 4.78 is 28.6. The van der Waals surface area contributed by atoms with Crippen molar-refractivity contribution in [1.82, 2.24) is 9.80 Å². The maximum atomic E-state index is 13.3. The molecule has 1 fully saturated rings. The van der Waals surface area contributed by atoms with Crippen LogP contribution >= 0.6 is 11.3 Å². The Morgan fingerprint density at radius 2 is 1.72 bits per heavy atom. The van der Waals surface area contributed by atoms with E-state index in [2.05, 4.69) is 21.8 Å². The van der Waals surface area contributed by atoms with E-state index in [1.807, 2.05) is 37.3 Å². The molecule has 8 heteroatoms. The van der Waals surface area contributed by atoms with E-state index >= 15 is 0 Å². The van der Waals surface area contributed by atoms with Crippen LogP contribution in [0.1, 0.15) is 27.2 Å². The molecule has 0 bridgehead atoms. The lowest BCUT2D eigenvalue weighted by molar-refractivity contribution is 0.0762. The van der Waals surface area contributed by atoms with Crippen LogP contribution in [0.15, 0.2) is 70.9 Å². The van der Waals surface area contributed by atoms with Crippen molar-refractivity contribution in [2.24, 2.45) is 0 Å². The zero-order valence-corrected chi connectivity index (χ0v) is 19.7. The van der Waals surface area contributed by atoms with Crippen LogP contribution in [0.4, 0.5) is 5.69 Å². The number of benzene rings is 2. The van der Waals surface area contributed by atoms with Crippen molar-refractivity contribution in [2.75, 3.05) is 30.9 Å². The van der Waals surface area contributed by atoms with E-state index in [1.165, 1.54) is 23.0 Å². The van der Waals surface area contributed by atoms with Crippen molar-refractivity contribution < 1.29 is 13.2 Å². The van der Waals surface area contributed by atoms with E-state index in [4.69, 9.17) is 0 Å². The van der Waals surface area contributed by atoms with Crippen molar-refractivity contribution >= 4 is 33.0 Å². The molecule has 1 aliphatic heterocycles. The van der Waals surface area contributed by atoms with E-state index in [-0.39, 0.29) is 15.7 Å². The van der Waals surface area contributed by atoms with Gasteiger partial charge in [-0.25, -0.2) is 8.42 Å². The molecule has 2 heterocycles. The molecule has 2 aromatic carbocycles. The number of sulfonamides is 1. The molecule has 0 saturated carbocycles. The standard InChI is InChI=1S/C24H27N3O3S2/c1-19-8-10-21(11-9-19)25-32(29,30)22-12-17-31-23(22)24(28)27-14-5-13-26(15-16-27)18-20-6-3-2-4-7-20/h2-4,6-12,17,25H,5,13-16,18H2,1H3. The zero-order valence-electron chi connectivity index (χ0n) is 18.0. The van der Waals surface area contributed by atoms with Gasteiger partial charge in [0.2, 0.25) is 0 Å². The molecule has 1 aromatic heterocycles. The predicted octanol–water partition coefficient (Wildman–Crippen LogP) is 4.21. The van der Waals surface area contributed by atoms with Gasteiger partial charge in [0.25, 0.3) is 15.9 Å². The second kappa shape index (κ2) is 9.85. The highest BCUT2D eigenvalue weighted by Crippen LogP contribution is 2.26. The molecule has 0 atom stereocenters. The van der Waals surface area contributed by atoms with E-state index in [0.717, 1.165) is 31.6 Å². The molecule has 6 nitrogen and oxygen atoms in total. The Balaban J connectivity index is 1.45. The second-order valence-corrected chi connectivity index (χ2v) is 10.6. The van der Waals surface area contributed by atoms with E-state index in [0.29, 0.717) is 18.8 Å². The number of thiophene rings is 1. The van der Waals surface area contributed by atoms with Crippen molar-refractivity contribution in [1.29, 1.82) is 0 Å². The number of rotatable bonds is 6. The maximum absolute atomic E-state index is 13.3. The third kappa shape index (κ3) is 5.38. The summed E-state index contributed by atoms with van der Waals surface area (Å²) in [5, 5.41) is 1.66. The Kier molecular flexibility index (Phi) is 6.93. The molecule has 0 aliphatic carbocycles. The number of nitrogens with one attached hydrogen (secondary N) is 1. The Hall–Kier alpha value is -2.68. The molecule has 0 radical (unpaired) electrons. The molecular formula is C24H27N3O3S2. The Labute approximate surface area is 193 Å². The lowest BCUT2D eigenvalue weighted by Gasteiger charge is -2.22. The van der Waals surface area contributed by atoms with Crippen molar-refractivity contribution in [3.63, 3.8) is 0 Å². The third-order valence-corrected chi connectivity index (χ3v) is 8.00. The van der Waals surface area contributed by atoms with Crippen LogP contribution in [-0.2, 0) is 16.6 Å². The summed E-state index contributed by atoms with van der Waals surface area (Å²) in [6.45, 7) is 5.65. The molecule has 0 unspecified atom stereocenters. The van der Waals surface area contributed by atoms with Crippen LogP contribution in [0.3, 0.4) is 0 Å². The fourth-order valence-corrected chi connectivity index (χ4v) is 6.26. The Bertz CT molecular complexity index is 1160. The average molecular weight is 470 g/mol. The van der Waals surface area contributed by atoms with Gasteiger partial charge in [-0.3, -0.25) is 14.4 Å². The van der Waals surface area contributed by atoms with Crippen LogP contribution in [-0.4, -0.2) is 50.3 Å². The maximum Gasteiger partial charge on any atom is 0.265 e. The topological polar surface area (TPSA) is 69.7 Å². The van der Waals surface area contributed by atoms with E-state index in [1.54, 1.807) is 22.4 Å². The van der Waals surface area contributed by atoms with Crippen LogP contribution in [0, 0.1) is 6.92 Å². The molecule has 1 saturated heterocycles. The minimum atomic E-state index is -3.86. The number of hydrogen-bond acceptors (Lipinski definition) is 5. The predicted molar refractivity (Wildman–Crippen MR) is 129 cm³/mol. The third-order valence-electron chi connectivity index (χ3n) is 5.54. The highest BCUT2D eigenvalue weighted by molar-refractivity contribution is 7.93. The number of aryl methyl sites for hydroxylation is 1. The van der Waals surface area contributed by atoms with Crippen molar-refractivity contribution in [3.8, 4) is 0 Å². The van der Waals surface area contributed by atoms with Gasteiger partial charge in [-0.1, -0.05) is 48.0 Å². The van der Waals surface area contributed by atoms with Crippen LogP contribution in [0.2, 0.25) is 0 Å². The average Bonchev–Trinajstić information content (AvgIpc) is 3.18. The fourth-order valence-electron chi connectivity index (χ4n) is 3.81. The molecule has 32 heavy (non-hydrogen) atoms. The van der Waals surface area contributed by atoms with Gasteiger partial charge in [-0.2, -0.15) is 0 Å². The summed E-state index contributed by atoms with van der Waals surface area (Å²) in [7, 11) is -3.86. The summed E-state index contributed by atoms with van der Waals surface area (Å²) in [5.41, 5.74) is 2.77. The second-order valence-electron chi connectivity index (χ2n) is 7.99. The smallest absolute Gasteiger partial charge is 0.265 e. The molecule has 168 valence electrons. The number of carbonyl (C=O) groups excluding carboxylic acids is 1. The molecule has 1 N–H and O–H groups in total. The first-order valence-corrected chi connectivity index (χ1v) is 13.0. The minimum absolute atomic E-state index is 0.0402. The first-order chi connectivity index (χ1) is 15.4. The fraction of sp³-hybridized carbons (Fsp3) is 0.292. The highest BCUT2D eigenvalue weighted by atomic mass is 32.2. The van der Waals surface area contributed by atoms with E-state index in [9.17, 15) is 13.2 Å². The molecule has 0 spiro atoms. The largest absolute Gasteiger partial charge is 0.337 e. The molecule has 3 aromatic rings. The summed E-state index contributed by atoms with van der Waals surface area (Å²) in [6, 6.07) is 18.9.